The molecule has 24 heavy (non-hydrogen) atoms. The van der Waals surface area contributed by atoms with Crippen molar-refractivity contribution < 1.29 is 14.7 Å². The highest BCUT2D eigenvalue weighted by Crippen LogP contribution is 2.29. The van der Waals surface area contributed by atoms with E-state index in [4.69, 9.17) is 16.7 Å². The fourth-order valence-electron chi connectivity index (χ4n) is 2.96. The molecule has 126 valence electrons. The standard InChI is InChI=1S/C17H18ClN3O3/c18-13-4-1-3-11(7-13)12-8-15-16(22)20-9-14(21(15)10-12)5-2-6-19-17(23)24/h1,3-4,7-8,10,14,19H,2,5-6,9H2,(H,20,22)(H,23,24)/t14-/m0/s1. The third kappa shape index (κ3) is 3.54. The summed E-state index contributed by atoms with van der Waals surface area (Å²) in [5, 5.41) is 14.5. The van der Waals surface area contributed by atoms with Crippen LogP contribution < -0.4 is 10.6 Å². The van der Waals surface area contributed by atoms with Gasteiger partial charge in [0.05, 0.1) is 6.04 Å². The highest BCUT2D eigenvalue weighted by molar-refractivity contribution is 6.30. The van der Waals surface area contributed by atoms with Crippen molar-refractivity contribution in [3.05, 3.63) is 47.2 Å². The Labute approximate surface area is 144 Å². The number of aromatic nitrogens is 1. The smallest absolute Gasteiger partial charge is 0.404 e. The molecule has 3 rings (SSSR count). The van der Waals surface area contributed by atoms with Gasteiger partial charge in [-0.2, -0.15) is 0 Å². The van der Waals surface area contributed by atoms with E-state index in [9.17, 15) is 9.59 Å². The van der Waals surface area contributed by atoms with Crippen LogP contribution in [0, 0.1) is 0 Å². The second-order valence-corrected chi connectivity index (χ2v) is 6.21. The number of hydrogen-bond acceptors (Lipinski definition) is 2. The molecule has 2 aromatic rings. The van der Waals surface area contributed by atoms with Crippen LogP contribution in [0.3, 0.4) is 0 Å². The molecular weight excluding hydrogens is 330 g/mol. The second-order valence-electron chi connectivity index (χ2n) is 5.77. The molecule has 1 aromatic carbocycles. The number of rotatable bonds is 5. The Bertz CT molecular complexity index is 772. The van der Waals surface area contributed by atoms with Crippen molar-refractivity contribution in [2.24, 2.45) is 0 Å². The van der Waals surface area contributed by atoms with Gasteiger partial charge in [0.1, 0.15) is 5.69 Å². The molecular formula is C17H18ClN3O3. The van der Waals surface area contributed by atoms with Gasteiger partial charge in [-0.25, -0.2) is 4.79 Å². The van der Waals surface area contributed by atoms with E-state index < -0.39 is 6.09 Å². The van der Waals surface area contributed by atoms with E-state index in [1.807, 2.05) is 41.1 Å². The molecule has 0 radical (unpaired) electrons. The van der Waals surface area contributed by atoms with Crippen LogP contribution in [0.1, 0.15) is 29.4 Å². The van der Waals surface area contributed by atoms with Crippen molar-refractivity contribution in [3.63, 3.8) is 0 Å². The summed E-state index contributed by atoms with van der Waals surface area (Å²) in [5.74, 6) is -0.0943. The first kappa shape index (κ1) is 16.4. The van der Waals surface area contributed by atoms with Gasteiger partial charge in [-0.1, -0.05) is 23.7 Å². The van der Waals surface area contributed by atoms with E-state index in [-0.39, 0.29) is 11.9 Å². The highest BCUT2D eigenvalue weighted by Gasteiger charge is 2.25. The van der Waals surface area contributed by atoms with Gasteiger partial charge in [-0.3, -0.25) is 4.79 Å². The Balaban J connectivity index is 1.79. The Morgan fingerprint density at radius 2 is 2.21 bits per heavy atom. The number of benzene rings is 1. The predicted octanol–water partition coefficient (Wildman–Crippen LogP) is 3.14. The summed E-state index contributed by atoms with van der Waals surface area (Å²) in [7, 11) is 0. The minimum absolute atomic E-state index is 0.0943. The van der Waals surface area contributed by atoms with E-state index in [0.29, 0.717) is 30.2 Å². The molecule has 1 aliphatic heterocycles. The topological polar surface area (TPSA) is 83.4 Å². The quantitative estimate of drug-likeness (QED) is 0.726. The zero-order valence-corrected chi connectivity index (χ0v) is 13.7. The first-order valence-corrected chi connectivity index (χ1v) is 8.15. The number of carbonyl (C=O) groups excluding carboxylic acids is 1. The van der Waals surface area contributed by atoms with Crippen molar-refractivity contribution in [2.45, 2.75) is 18.9 Å². The van der Waals surface area contributed by atoms with E-state index >= 15 is 0 Å². The van der Waals surface area contributed by atoms with Gasteiger partial charge < -0.3 is 20.3 Å². The lowest BCUT2D eigenvalue weighted by Crippen LogP contribution is -2.38. The third-order valence-electron chi connectivity index (χ3n) is 4.12. The van der Waals surface area contributed by atoms with Crippen LogP contribution in [0.25, 0.3) is 11.1 Å². The van der Waals surface area contributed by atoms with Crippen LogP contribution in [0.5, 0.6) is 0 Å². The summed E-state index contributed by atoms with van der Waals surface area (Å²) >= 11 is 6.05. The Morgan fingerprint density at radius 1 is 1.38 bits per heavy atom. The molecule has 1 atom stereocenters. The number of fused-ring (bicyclic) bond motifs is 1. The SMILES string of the molecule is O=C(O)NCCC[C@H]1CNC(=O)c2cc(-c3cccc(Cl)c3)cn21. The van der Waals surface area contributed by atoms with Gasteiger partial charge in [0.25, 0.3) is 5.91 Å². The zero-order valence-electron chi connectivity index (χ0n) is 13.0. The molecule has 2 amide bonds. The molecule has 0 bridgehead atoms. The van der Waals surface area contributed by atoms with Crippen molar-refractivity contribution >= 4 is 23.6 Å². The normalized spacial score (nSPS) is 16.4. The molecule has 7 heteroatoms. The van der Waals surface area contributed by atoms with E-state index in [1.165, 1.54) is 0 Å². The average Bonchev–Trinajstić information content (AvgIpc) is 2.99. The van der Waals surface area contributed by atoms with Crippen molar-refractivity contribution in [1.82, 2.24) is 15.2 Å². The Kier molecular flexibility index (Phi) is 4.76. The van der Waals surface area contributed by atoms with Crippen LogP contribution >= 0.6 is 11.6 Å². The van der Waals surface area contributed by atoms with Crippen LogP contribution in [0.2, 0.25) is 5.02 Å². The van der Waals surface area contributed by atoms with Gasteiger partial charge in [-0.05, 0) is 36.6 Å². The number of carbonyl (C=O) groups is 2. The number of nitrogens with one attached hydrogen (secondary N) is 2. The van der Waals surface area contributed by atoms with Crippen molar-refractivity contribution in [2.75, 3.05) is 13.1 Å². The first-order valence-electron chi connectivity index (χ1n) is 7.77. The van der Waals surface area contributed by atoms with Crippen molar-refractivity contribution in [1.29, 1.82) is 0 Å². The maximum absolute atomic E-state index is 12.1. The van der Waals surface area contributed by atoms with Gasteiger partial charge >= 0.3 is 6.09 Å². The Hall–Kier alpha value is -2.47. The number of amides is 2. The lowest BCUT2D eigenvalue weighted by atomic mass is 10.1. The maximum Gasteiger partial charge on any atom is 0.404 e. The van der Waals surface area contributed by atoms with E-state index in [2.05, 4.69) is 10.6 Å². The third-order valence-corrected chi connectivity index (χ3v) is 4.36. The summed E-state index contributed by atoms with van der Waals surface area (Å²) in [5.41, 5.74) is 2.52. The minimum atomic E-state index is -1.02. The van der Waals surface area contributed by atoms with Gasteiger partial charge in [0, 0.05) is 29.9 Å². The van der Waals surface area contributed by atoms with Crippen LogP contribution in [-0.2, 0) is 0 Å². The lowest BCUT2D eigenvalue weighted by molar-refractivity contribution is 0.0913. The molecule has 0 spiro atoms. The van der Waals surface area contributed by atoms with Crippen LogP contribution in [-0.4, -0.2) is 34.8 Å². The molecule has 0 fully saturated rings. The van der Waals surface area contributed by atoms with Gasteiger partial charge in [-0.15, -0.1) is 0 Å². The van der Waals surface area contributed by atoms with Gasteiger partial charge in [0.2, 0.25) is 0 Å². The summed E-state index contributed by atoms with van der Waals surface area (Å²) in [6, 6.07) is 9.49. The number of nitrogens with zero attached hydrogens (tertiary/aromatic N) is 1. The monoisotopic (exact) mass is 347 g/mol. The van der Waals surface area contributed by atoms with E-state index in [1.54, 1.807) is 0 Å². The molecule has 2 heterocycles. The fraction of sp³-hybridized carbons (Fsp3) is 0.294. The molecule has 3 N–H and O–H groups in total. The molecule has 1 aliphatic rings. The molecule has 1 aromatic heterocycles. The number of hydrogen-bond donors (Lipinski definition) is 3. The molecule has 6 nitrogen and oxygen atoms in total. The lowest BCUT2D eigenvalue weighted by Gasteiger charge is -2.26. The molecule has 0 saturated heterocycles. The summed E-state index contributed by atoms with van der Waals surface area (Å²) in [6.45, 7) is 0.945. The summed E-state index contributed by atoms with van der Waals surface area (Å²) in [4.78, 5) is 22.6. The highest BCUT2D eigenvalue weighted by atomic mass is 35.5. The first-order chi connectivity index (χ1) is 11.5. The molecule has 0 saturated carbocycles. The second kappa shape index (κ2) is 6.97. The van der Waals surface area contributed by atoms with Crippen LogP contribution in [0.15, 0.2) is 36.5 Å². The zero-order chi connectivity index (χ0) is 17.1. The van der Waals surface area contributed by atoms with E-state index in [0.717, 1.165) is 17.5 Å². The molecule has 0 aliphatic carbocycles. The Morgan fingerprint density at radius 3 is 2.96 bits per heavy atom. The largest absolute Gasteiger partial charge is 0.465 e. The minimum Gasteiger partial charge on any atom is -0.465 e. The van der Waals surface area contributed by atoms with Crippen LogP contribution in [0.4, 0.5) is 4.79 Å². The summed E-state index contributed by atoms with van der Waals surface area (Å²) < 4.78 is 1.98. The average molecular weight is 348 g/mol. The van der Waals surface area contributed by atoms with Gasteiger partial charge in [0.15, 0.2) is 0 Å². The maximum atomic E-state index is 12.1. The summed E-state index contributed by atoms with van der Waals surface area (Å²) in [6.07, 6.45) is 2.43. The number of carboxylic acid groups (broad SMARTS) is 1. The van der Waals surface area contributed by atoms with Crippen molar-refractivity contribution in [3.8, 4) is 11.1 Å². The molecule has 0 unspecified atom stereocenters. The number of halogens is 1. The predicted molar refractivity (Wildman–Crippen MR) is 91.5 cm³/mol. The fourth-order valence-corrected chi connectivity index (χ4v) is 3.15.